The molecule has 0 aliphatic heterocycles. The van der Waals surface area contributed by atoms with Gasteiger partial charge < -0.3 is 15.2 Å². The van der Waals surface area contributed by atoms with Crippen LogP contribution in [-0.2, 0) is 21.5 Å². The van der Waals surface area contributed by atoms with E-state index in [9.17, 15) is 9.59 Å². The minimum Gasteiger partial charge on any atom is -0.353 e. The molecule has 1 aromatic heterocycles. The molecule has 2 fully saturated rings. The van der Waals surface area contributed by atoms with Crippen LogP contribution >= 0.6 is 0 Å². The number of aromatic nitrogens is 2. The number of hydrogen-bond acceptors (Lipinski definition) is 5. The SMILES string of the molecule is CCCCC1CCCC1NC(=O)CCc1nc(C2(NC(C)=O)CCCCCC2)no1. The number of hydrogen-bond donors (Lipinski definition) is 2. The summed E-state index contributed by atoms with van der Waals surface area (Å²) in [6.45, 7) is 3.75. The van der Waals surface area contributed by atoms with Gasteiger partial charge in [0.1, 0.15) is 5.54 Å². The number of rotatable bonds is 9. The van der Waals surface area contributed by atoms with Crippen molar-refractivity contribution < 1.29 is 14.1 Å². The van der Waals surface area contributed by atoms with Crippen LogP contribution in [0.4, 0.5) is 0 Å². The molecule has 168 valence electrons. The second-order valence-corrected chi connectivity index (χ2v) is 9.20. The van der Waals surface area contributed by atoms with E-state index in [4.69, 9.17) is 4.52 Å². The molecule has 0 bridgehead atoms. The molecule has 2 atom stereocenters. The molecule has 1 heterocycles. The lowest BCUT2D eigenvalue weighted by Crippen LogP contribution is -2.45. The summed E-state index contributed by atoms with van der Waals surface area (Å²) in [6.07, 6.45) is 14.0. The Hall–Kier alpha value is -1.92. The third-order valence-corrected chi connectivity index (χ3v) is 6.77. The van der Waals surface area contributed by atoms with Crippen LogP contribution in [0.15, 0.2) is 4.52 Å². The van der Waals surface area contributed by atoms with Gasteiger partial charge in [0, 0.05) is 25.8 Å². The van der Waals surface area contributed by atoms with E-state index in [1.165, 1.54) is 39.0 Å². The van der Waals surface area contributed by atoms with E-state index in [-0.39, 0.29) is 11.8 Å². The van der Waals surface area contributed by atoms with Gasteiger partial charge >= 0.3 is 0 Å². The van der Waals surface area contributed by atoms with Crippen LogP contribution in [0.25, 0.3) is 0 Å². The Kier molecular flexibility index (Phi) is 8.28. The second-order valence-electron chi connectivity index (χ2n) is 9.20. The smallest absolute Gasteiger partial charge is 0.227 e. The van der Waals surface area contributed by atoms with Crippen LogP contribution in [-0.4, -0.2) is 28.0 Å². The zero-order chi connectivity index (χ0) is 21.4. The molecular weight excluding hydrogens is 380 g/mol. The zero-order valence-corrected chi connectivity index (χ0v) is 18.7. The van der Waals surface area contributed by atoms with E-state index in [1.54, 1.807) is 0 Å². The highest BCUT2D eigenvalue weighted by Gasteiger charge is 2.38. The van der Waals surface area contributed by atoms with Crippen molar-refractivity contribution in [2.75, 3.05) is 0 Å². The number of unbranched alkanes of at least 4 members (excludes halogenated alkanes) is 1. The highest BCUT2D eigenvalue weighted by atomic mass is 16.5. The fourth-order valence-electron chi connectivity index (χ4n) is 5.16. The van der Waals surface area contributed by atoms with Crippen molar-refractivity contribution in [1.29, 1.82) is 0 Å². The predicted molar refractivity (Wildman–Crippen MR) is 115 cm³/mol. The van der Waals surface area contributed by atoms with Crippen LogP contribution in [0.5, 0.6) is 0 Å². The fraction of sp³-hybridized carbons (Fsp3) is 0.826. The lowest BCUT2D eigenvalue weighted by atomic mass is 9.89. The van der Waals surface area contributed by atoms with Gasteiger partial charge in [-0.1, -0.05) is 57.0 Å². The van der Waals surface area contributed by atoms with Gasteiger partial charge in [-0.25, -0.2) is 0 Å². The summed E-state index contributed by atoms with van der Waals surface area (Å²) in [5, 5.41) is 10.5. The lowest BCUT2D eigenvalue weighted by Gasteiger charge is -2.30. The number of nitrogens with zero attached hydrogens (tertiary/aromatic N) is 2. The van der Waals surface area contributed by atoms with Gasteiger partial charge in [0.05, 0.1) is 0 Å². The summed E-state index contributed by atoms with van der Waals surface area (Å²) in [7, 11) is 0. The van der Waals surface area contributed by atoms with Crippen LogP contribution in [0.1, 0.15) is 109 Å². The molecule has 2 amide bonds. The van der Waals surface area contributed by atoms with E-state index in [2.05, 4.69) is 27.7 Å². The van der Waals surface area contributed by atoms with Crippen molar-refractivity contribution in [3.63, 3.8) is 0 Å². The Morgan fingerprint density at radius 1 is 1.13 bits per heavy atom. The molecular formula is C23H38N4O3. The van der Waals surface area contributed by atoms with Crippen molar-refractivity contribution in [2.24, 2.45) is 5.92 Å². The number of carbonyl (C=O) groups is 2. The minimum atomic E-state index is -0.539. The zero-order valence-electron chi connectivity index (χ0n) is 18.7. The second kappa shape index (κ2) is 10.9. The van der Waals surface area contributed by atoms with Crippen molar-refractivity contribution in [3.8, 4) is 0 Å². The normalized spacial score (nSPS) is 23.7. The summed E-state index contributed by atoms with van der Waals surface area (Å²) in [5.74, 6) is 1.65. The number of amides is 2. The Labute approximate surface area is 180 Å². The average molecular weight is 419 g/mol. The summed E-state index contributed by atoms with van der Waals surface area (Å²) in [6, 6.07) is 0.316. The van der Waals surface area contributed by atoms with E-state index in [1.807, 2.05) is 0 Å². The minimum absolute atomic E-state index is 0.0641. The van der Waals surface area contributed by atoms with Crippen LogP contribution in [0.3, 0.4) is 0 Å². The maximum absolute atomic E-state index is 12.5. The van der Waals surface area contributed by atoms with Crippen molar-refractivity contribution in [1.82, 2.24) is 20.8 Å². The molecule has 0 aromatic carbocycles. The van der Waals surface area contributed by atoms with Gasteiger partial charge in [0.25, 0.3) is 0 Å². The van der Waals surface area contributed by atoms with Crippen LogP contribution < -0.4 is 10.6 Å². The van der Waals surface area contributed by atoms with E-state index in [0.717, 1.165) is 44.9 Å². The monoisotopic (exact) mass is 418 g/mol. The molecule has 2 aliphatic rings. The molecule has 0 saturated heterocycles. The molecule has 2 N–H and O–H groups in total. The van der Waals surface area contributed by atoms with Gasteiger partial charge in [-0.3, -0.25) is 9.59 Å². The summed E-state index contributed by atoms with van der Waals surface area (Å²) >= 11 is 0. The van der Waals surface area contributed by atoms with Crippen molar-refractivity contribution in [3.05, 3.63) is 11.7 Å². The topological polar surface area (TPSA) is 97.1 Å². The van der Waals surface area contributed by atoms with Gasteiger partial charge in [-0.2, -0.15) is 4.98 Å². The van der Waals surface area contributed by atoms with Crippen molar-refractivity contribution in [2.45, 2.75) is 115 Å². The molecule has 2 unspecified atom stereocenters. The van der Waals surface area contributed by atoms with Crippen LogP contribution in [0.2, 0.25) is 0 Å². The fourth-order valence-corrected chi connectivity index (χ4v) is 5.16. The van der Waals surface area contributed by atoms with E-state index in [0.29, 0.717) is 36.5 Å². The predicted octanol–water partition coefficient (Wildman–Crippen LogP) is 4.16. The first-order valence-electron chi connectivity index (χ1n) is 11.9. The highest BCUT2D eigenvalue weighted by Crippen LogP contribution is 2.35. The largest absolute Gasteiger partial charge is 0.353 e. The molecule has 7 nitrogen and oxygen atoms in total. The van der Waals surface area contributed by atoms with Gasteiger partial charge in [-0.15, -0.1) is 0 Å². The van der Waals surface area contributed by atoms with Gasteiger partial charge in [0.15, 0.2) is 5.82 Å². The first kappa shape index (κ1) is 22.8. The summed E-state index contributed by atoms with van der Waals surface area (Å²) in [5.41, 5.74) is -0.539. The number of carbonyl (C=O) groups excluding carboxylic acids is 2. The molecule has 1 aromatic rings. The summed E-state index contributed by atoms with van der Waals surface area (Å²) < 4.78 is 5.47. The molecule has 0 spiro atoms. The molecule has 3 rings (SSSR count). The third-order valence-electron chi connectivity index (χ3n) is 6.77. The Balaban J connectivity index is 1.55. The standard InChI is InChI=1S/C23H38N4O3/c1-3-4-10-18-11-9-12-19(18)24-20(29)13-14-21-25-22(27-30-21)23(26-17(2)28)15-7-5-6-8-16-23/h18-19H,3-16H2,1-2H3,(H,24,29)(H,26,28). The van der Waals surface area contributed by atoms with Crippen LogP contribution in [0, 0.1) is 5.92 Å². The molecule has 2 aliphatic carbocycles. The van der Waals surface area contributed by atoms with E-state index < -0.39 is 5.54 Å². The highest BCUT2D eigenvalue weighted by molar-refractivity contribution is 5.76. The molecule has 7 heteroatoms. The summed E-state index contributed by atoms with van der Waals surface area (Å²) in [4.78, 5) is 28.9. The van der Waals surface area contributed by atoms with Gasteiger partial charge in [-0.05, 0) is 38.0 Å². The Morgan fingerprint density at radius 3 is 2.60 bits per heavy atom. The molecule has 2 saturated carbocycles. The number of aryl methyl sites for hydroxylation is 1. The number of nitrogens with one attached hydrogen (secondary N) is 2. The first-order chi connectivity index (χ1) is 14.5. The molecule has 30 heavy (non-hydrogen) atoms. The van der Waals surface area contributed by atoms with Crippen molar-refractivity contribution >= 4 is 11.8 Å². The average Bonchev–Trinajstić information content (AvgIpc) is 3.30. The van der Waals surface area contributed by atoms with Gasteiger partial charge in [0.2, 0.25) is 17.7 Å². The molecule has 0 radical (unpaired) electrons. The quantitative estimate of drug-likeness (QED) is 0.587. The maximum atomic E-state index is 12.5. The van der Waals surface area contributed by atoms with E-state index >= 15 is 0 Å². The third kappa shape index (κ3) is 6.05. The maximum Gasteiger partial charge on any atom is 0.227 e. The Morgan fingerprint density at radius 2 is 1.90 bits per heavy atom. The lowest BCUT2D eigenvalue weighted by molar-refractivity contribution is -0.122. The Bertz CT molecular complexity index is 694. The first-order valence-corrected chi connectivity index (χ1v) is 11.9.